The Bertz CT molecular complexity index is 889. The fourth-order valence-electron chi connectivity index (χ4n) is 2.95. The zero-order chi connectivity index (χ0) is 21.7. The summed E-state index contributed by atoms with van der Waals surface area (Å²) >= 11 is 0. The second-order valence-electron chi connectivity index (χ2n) is 7.92. The normalized spacial score (nSPS) is 14.8. The largest absolute Gasteiger partial charge is 0.474 e. The van der Waals surface area contributed by atoms with Crippen LogP contribution >= 0.6 is 0 Å². The highest BCUT2D eigenvalue weighted by atomic mass is 16.6. The fraction of sp³-hybridized carbons (Fsp3) is 0.450. The van der Waals surface area contributed by atoms with Crippen molar-refractivity contribution in [2.45, 2.75) is 45.3 Å². The molecule has 1 fully saturated rings. The highest BCUT2D eigenvalue weighted by Gasteiger charge is 2.27. The van der Waals surface area contributed by atoms with Gasteiger partial charge in [-0.2, -0.15) is 0 Å². The van der Waals surface area contributed by atoms with Gasteiger partial charge in [0, 0.05) is 44.3 Å². The molecule has 1 aliphatic rings. The molecule has 3 rings (SSSR count). The number of aromatic nitrogens is 2. The van der Waals surface area contributed by atoms with Crippen LogP contribution in [0.5, 0.6) is 5.88 Å². The number of amides is 1. The predicted molar refractivity (Wildman–Crippen MR) is 110 cm³/mol. The number of piperidine rings is 1. The number of nitrogens with one attached hydrogen (secondary N) is 1. The zero-order valence-electron chi connectivity index (χ0n) is 17.2. The summed E-state index contributed by atoms with van der Waals surface area (Å²) in [6.07, 6.45) is 4.01. The van der Waals surface area contributed by atoms with Gasteiger partial charge in [-0.1, -0.05) is 0 Å². The molecule has 0 atom stereocenters. The molecule has 3 heterocycles. The third-order valence-corrected chi connectivity index (χ3v) is 4.36. The lowest BCUT2D eigenvalue weighted by atomic mass is 10.1. The van der Waals surface area contributed by atoms with Gasteiger partial charge in [0.15, 0.2) is 0 Å². The number of hydrogen-bond acceptors (Lipinski definition) is 8. The number of hydrogen-bond donors (Lipinski definition) is 1. The van der Waals surface area contributed by atoms with E-state index in [0.717, 1.165) is 0 Å². The second kappa shape index (κ2) is 8.93. The number of nitro groups is 1. The zero-order valence-corrected chi connectivity index (χ0v) is 17.2. The van der Waals surface area contributed by atoms with Crippen molar-refractivity contribution in [1.29, 1.82) is 0 Å². The van der Waals surface area contributed by atoms with E-state index in [-0.39, 0.29) is 23.7 Å². The van der Waals surface area contributed by atoms with Crippen LogP contribution in [0.3, 0.4) is 0 Å². The molecule has 0 radical (unpaired) electrons. The summed E-state index contributed by atoms with van der Waals surface area (Å²) in [5.41, 5.74) is -0.0710. The van der Waals surface area contributed by atoms with Crippen molar-refractivity contribution in [2.75, 3.05) is 18.4 Å². The van der Waals surface area contributed by atoms with Crippen molar-refractivity contribution in [3.63, 3.8) is 0 Å². The van der Waals surface area contributed by atoms with Crippen LogP contribution < -0.4 is 10.1 Å². The van der Waals surface area contributed by atoms with Gasteiger partial charge in [0.25, 0.3) is 0 Å². The number of pyridine rings is 2. The van der Waals surface area contributed by atoms with Gasteiger partial charge in [-0.05, 0) is 32.9 Å². The molecule has 0 spiro atoms. The number of rotatable bonds is 5. The summed E-state index contributed by atoms with van der Waals surface area (Å²) in [5.74, 6) is 0.597. The molecule has 2 aromatic rings. The van der Waals surface area contributed by atoms with E-state index in [9.17, 15) is 14.9 Å². The highest BCUT2D eigenvalue weighted by molar-refractivity contribution is 5.68. The van der Waals surface area contributed by atoms with Gasteiger partial charge < -0.3 is 19.7 Å². The molecule has 30 heavy (non-hydrogen) atoms. The smallest absolute Gasteiger partial charge is 0.410 e. The molecule has 10 heteroatoms. The number of nitrogens with zero attached hydrogens (tertiary/aromatic N) is 4. The Balaban J connectivity index is 1.52. The van der Waals surface area contributed by atoms with Gasteiger partial charge in [0.05, 0.1) is 16.8 Å². The molecule has 0 aliphatic carbocycles. The van der Waals surface area contributed by atoms with Gasteiger partial charge in [-0.15, -0.1) is 0 Å². The van der Waals surface area contributed by atoms with Crippen LogP contribution in [0.2, 0.25) is 0 Å². The summed E-state index contributed by atoms with van der Waals surface area (Å²) < 4.78 is 11.3. The summed E-state index contributed by atoms with van der Waals surface area (Å²) in [7, 11) is 0. The average molecular weight is 415 g/mol. The first-order chi connectivity index (χ1) is 14.2. The van der Waals surface area contributed by atoms with Gasteiger partial charge in [-0.25, -0.2) is 14.8 Å². The van der Waals surface area contributed by atoms with Crippen LogP contribution in [0.25, 0.3) is 0 Å². The van der Waals surface area contributed by atoms with E-state index in [4.69, 9.17) is 9.47 Å². The first kappa shape index (κ1) is 21.3. The third kappa shape index (κ3) is 5.79. The van der Waals surface area contributed by atoms with E-state index in [0.29, 0.717) is 37.5 Å². The van der Waals surface area contributed by atoms with Crippen LogP contribution in [-0.2, 0) is 4.74 Å². The molecule has 2 aromatic heterocycles. The average Bonchev–Trinajstić information content (AvgIpc) is 2.69. The number of anilines is 2. The first-order valence-electron chi connectivity index (χ1n) is 9.68. The van der Waals surface area contributed by atoms with Gasteiger partial charge in [-0.3, -0.25) is 10.1 Å². The highest BCUT2D eigenvalue weighted by Crippen LogP contribution is 2.25. The van der Waals surface area contributed by atoms with Gasteiger partial charge >= 0.3 is 11.8 Å². The number of likely N-dealkylation sites (tertiary alicyclic amines) is 1. The molecule has 1 amide bonds. The molecule has 0 unspecified atom stereocenters. The lowest BCUT2D eigenvalue weighted by Gasteiger charge is -2.33. The molecule has 10 nitrogen and oxygen atoms in total. The van der Waals surface area contributed by atoms with E-state index >= 15 is 0 Å². The fourth-order valence-corrected chi connectivity index (χ4v) is 2.95. The summed E-state index contributed by atoms with van der Waals surface area (Å²) in [6.45, 7) is 6.65. The number of carbonyl (C=O) groups is 1. The number of carbonyl (C=O) groups excluding carboxylic acids is 1. The van der Waals surface area contributed by atoms with Crippen molar-refractivity contribution >= 4 is 23.3 Å². The van der Waals surface area contributed by atoms with Crippen molar-refractivity contribution in [3.8, 4) is 5.88 Å². The van der Waals surface area contributed by atoms with Gasteiger partial charge in [0.2, 0.25) is 11.7 Å². The van der Waals surface area contributed by atoms with E-state index in [2.05, 4.69) is 15.3 Å². The maximum atomic E-state index is 12.1. The lowest BCUT2D eigenvalue weighted by molar-refractivity contribution is -0.384. The predicted octanol–water partition coefficient (Wildman–Crippen LogP) is 3.91. The van der Waals surface area contributed by atoms with Crippen molar-refractivity contribution < 1.29 is 19.2 Å². The molecule has 1 aliphatic heterocycles. The molecular formula is C20H25N5O5. The standard InChI is InChI=1S/C20H25N5O5/c1-20(2,3)30-19(26)24-11-8-15(9-12-24)29-17-7-6-14(13-22-17)23-18-16(25(27)28)5-4-10-21-18/h4-7,10,13,15H,8-9,11-12H2,1-3H3,(H,21,23). The third-order valence-electron chi connectivity index (χ3n) is 4.36. The van der Waals surface area contributed by atoms with Crippen molar-refractivity contribution in [2.24, 2.45) is 0 Å². The Labute approximate surface area is 174 Å². The SMILES string of the molecule is CC(C)(C)OC(=O)N1CCC(Oc2ccc(Nc3ncccc3[N+](=O)[O-])cn2)CC1. The van der Waals surface area contributed by atoms with E-state index < -0.39 is 10.5 Å². The van der Waals surface area contributed by atoms with Crippen LogP contribution in [-0.4, -0.2) is 50.7 Å². The van der Waals surface area contributed by atoms with Crippen molar-refractivity contribution in [1.82, 2.24) is 14.9 Å². The van der Waals surface area contributed by atoms with Gasteiger partial charge in [0.1, 0.15) is 11.7 Å². The van der Waals surface area contributed by atoms with E-state index in [1.54, 1.807) is 17.0 Å². The van der Waals surface area contributed by atoms with Crippen LogP contribution in [0, 0.1) is 10.1 Å². The monoisotopic (exact) mass is 415 g/mol. The lowest BCUT2D eigenvalue weighted by Crippen LogP contribution is -2.44. The summed E-state index contributed by atoms with van der Waals surface area (Å²) in [5, 5.41) is 14.0. The Morgan fingerprint density at radius 1 is 1.23 bits per heavy atom. The maximum absolute atomic E-state index is 12.1. The maximum Gasteiger partial charge on any atom is 0.410 e. The molecule has 0 bridgehead atoms. The minimum Gasteiger partial charge on any atom is -0.474 e. The van der Waals surface area contributed by atoms with Crippen LogP contribution in [0.1, 0.15) is 33.6 Å². The Hall–Kier alpha value is -3.43. The quantitative estimate of drug-likeness (QED) is 0.576. The minimum absolute atomic E-state index is 0.0492. The minimum atomic E-state index is -0.514. The molecular weight excluding hydrogens is 390 g/mol. The summed E-state index contributed by atoms with van der Waals surface area (Å²) in [4.78, 5) is 32.7. The molecule has 1 N–H and O–H groups in total. The Morgan fingerprint density at radius 3 is 2.57 bits per heavy atom. The van der Waals surface area contributed by atoms with Crippen LogP contribution in [0.4, 0.5) is 22.0 Å². The molecule has 0 aromatic carbocycles. The van der Waals surface area contributed by atoms with E-state index in [1.165, 1.54) is 24.5 Å². The molecule has 1 saturated heterocycles. The Morgan fingerprint density at radius 2 is 1.97 bits per heavy atom. The van der Waals surface area contributed by atoms with Crippen molar-refractivity contribution in [3.05, 3.63) is 46.8 Å². The second-order valence-corrected chi connectivity index (χ2v) is 7.92. The first-order valence-corrected chi connectivity index (χ1v) is 9.68. The summed E-state index contributed by atoms with van der Waals surface area (Å²) in [6, 6.07) is 6.30. The Kier molecular flexibility index (Phi) is 6.34. The molecule has 160 valence electrons. The topological polar surface area (TPSA) is 120 Å². The molecule has 0 saturated carbocycles. The van der Waals surface area contributed by atoms with Crippen LogP contribution in [0.15, 0.2) is 36.7 Å². The van der Waals surface area contributed by atoms with E-state index in [1.807, 2.05) is 20.8 Å². The number of ether oxygens (including phenoxy) is 2.